The smallest absolute Gasteiger partial charge is 0.126 e. The zero-order valence-corrected chi connectivity index (χ0v) is 14.4. The predicted octanol–water partition coefficient (Wildman–Crippen LogP) is 5.00. The van der Waals surface area contributed by atoms with Gasteiger partial charge >= 0.3 is 0 Å². The fraction of sp³-hybridized carbons (Fsp3) is 0.353. The molecule has 20 heavy (non-hydrogen) atoms. The summed E-state index contributed by atoms with van der Waals surface area (Å²) in [7, 11) is 0. The van der Waals surface area contributed by atoms with Gasteiger partial charge in [0.15, 0.2) is 0 Å². The van der Waals surface area contributed by atoms with Crippen LogP contribution in [-0.4, -0.2) is 4.98 Å². The summed E-state index contributed by atoms with van der Waals surface area (Å²) in [6.07, 6.45) is 0. The van der Waals surface area contributed by atoms with Crippen LogP contribution < -0.4 is 5.32 Å². The number of hydrogen-bond donors (Lipinski definition) is 1. The standard InChI is InChI=1S/C17H21BrN2/c1-10-8-11(2)13(4)15(12(10)3)9-19-17-7-6-16(18)14(5)20-17/h6-8H,9H2,1-5H3,(H,19,20). The van der Waals surface area contributed by atoms with E-state index in [-0.39, 0.29) is 0 Å². The van der Waals surface area contributed by atoms with Crippen molar-refractivity contribution in [3.8, 4) is 0 Å². The molecule has 1 heterocycles. The van der Waals surface area contributed by atoms with Crippen molar-refractivity contribution >= 4 is 21.7 Å². The summed E-state index contributed by atoms with van der Waals surface area (Å²) in [5, 5.41) is 3.43. The molecule has 0 aliphatic rings. The zero-order valence-electron chi connectivity index (χ0n) is 12.8. The largest absolute Gasteiger partial charge is 0.366 e. The van der Waals surface area contributed by atoms with Crippen LogP contribution in [0.25, 0.3) is 0 Å². The van der Waals surface area contributed by atoms with Gasteiger partial charge in [0.2, 0.25) is 0 Å². The number of rotatable bonds is 3. The number of aromatic nitrogens is 1. The van der Waals surface area contributed by atoms with Gasteiger partial charge in [-0.3, -0.25) is 0 Å². The van der Waals surface area contributed by atoms with Gasteiger partial charge in [-0.1, -0.05) is 6.07 Å². The molecule has 0 unspecified atom stereocenters. The molecule has 0 bridgehead atoms. The van der Waals surface area contributed by atoms with E-state index in [2.05, 4.69) is 60.0 Å². The van der Waals surface area contributed by atoms with Gasteiger partial charge in [0.25, 0.3) is 0 Å². The minimum atomic E-state index is 0.814. The van der Waals surface area contributed by atoms with Gasteiger partial charge in [-0.15, -0.1) is 0 Å². The maximum absolute atomic E-state index is 4.53. The molecule has 0 fully saturated rings. The summed E-state index contributed by atoms with van der Waals surface area (Å²) in [6, 6.07) is 6.30. The molecule has 0 aliphatic heterocycles. The first-order valence-corrected chi connectivity index (χ1v) is 7.62. The van der Waals surface area contributed by atoms with E-state index in [1.807, 2.05) is 19.1 Å². The number of benzene rings is 1. The fourth-order valence-electron chi connectivity index (χ4n) is 2.39. The molecule has 0 spiro atoms. The number of hydrogen-bond acceptors (Lipinski definition) is 2. The van der Waals surface area contributed by atoms with Gasteiger partial charge < -0.3 is 5.32 Å². The van der Waals surface area contributed by atoms with Crippen molar-refractivity contribution in [1.82, 2.24) is 4.98 Å². The number of pyridine rings is 1. The second-order valence-electron chi connectivity index (χ2n) is 5.36. The maximum Gasteiger partial charge on any atom is 0.126 e. The molecule has 3 heteroatoms. The second-order valence-corrected chi connectivity index (χ2v) is 6.21. The van der Waals surface area contributed by atoms with Crippen LogP contribution in [0.15, 0.2) is 22.7 Å². The third-order valence-electron chi connectivity index (χ3n) is 3.99. The Morgan fingerprint density at radius 3 is 2.15 bits per heavy atom. The molecular weight excluding hydrogens is 312 g/mol. The lowest BCUT2D eigenvalue weighted by atomic mass is 9.94. The highest BCUT2D eigenvalue weighted by Crippen LogP contribution is 2.23. The molecule has 0 amide bonds. The number of aryl methyl sites for hydroxylation is 3. The van der Waals surface area contributed by atoms with Crippen molar-refractivity contribution in [2.24, 2.45) is 0 Å². The summed E-state index contributed by atoms with van der Waals surface area (Å²) in [5.41, 5.74) is 7.83. The van der Waals surface area contributed by atoms with Crippen LogP contribution in [0.2, 0.25) is 0 Å². The van der Waals surface area contributed by atoms with Gasteiger partial charge in [-0.25, -0.2) is 4.98 Å². The van der Waals surface area contributed by atoms with Crippen molar-refractivity contribution in [2.45, 2.75) is 41.2 Å². The lowest BCUT2D eigenvalue weighted by Gasteiger charge is -2.16. The molecule has 0 saturated heterocycles. The van der Waals surface area contributed by atoms with Crippen molar-refractivity contribution in [2.75, 3.05) is 5.32 Å². The third-order valence-corrected chi connectivity index (χ3v) is 4.83. The van der Waals surface area contributed by atoms with Crippen molar-refractivity contribution in [3.05, 3.63) is 56.2 Å². The molecule has 1 aromatic heterocycles. The lowest BCUT2D eigenvalue weighted by molar-refractivity contribution is 1.03. The molecule has 2 nitrogen and oxygen atoms in total. The molecule has 0 radical (unpaired) electrons. The van der Waals surface area contributed by atoms with Crippen LogP contribution in [-0.2, 0) is 6.54 Å². The minimum Gasteiger partial charge on any atom is -0.366 e. The SMILES string of the molecule is Cc1cc(C)c(C)c(CNc2ccc(Br)c(C)n2)c1C. The first kappa shape index (κ1) is 15.0. The Morgan fingerprint density at radius 2 is 1.60 bits per heavy atom. The lowest BCUT2D eigenvalue weighted by Crippen LogP contribution is -2.07. The summed E-state index contributed by atoms with van der Waals surface area (Å²) in [5.74, 6) is 0.920. The second kappa shape index (κ2) is 5.96. The third kappa shape index (κ3) is 3.04. The van der Waals surface area contributed by atoms with Gasteiger partial charge in [-0.2, -0.15) is 0 Å². The van der Waals surface area contributed by atoms with E-state index < -0.39 is 0 Å². The van der Waals surface area contributed by atoms with Crippen LogP contribution in [0, 0.1) is 34.6 Å². The Hall–Kier alpha value is -1.35. The van der Waals surface area contributed by atoms with E-state index in [4.69, 9.17) is 0 Å². The molecule has 2 rings (SSSR count). The van der Waals surface area contributed by atoms with Gasteiger partial charge in [0.05, 0.1) is 5.69 Å². The number of nitrogens with zero attached hydrogens (tertiary/aromatic N) is 1. The van der Waals surface area contributed by atoms with Crippen LogP contribution in [0.1, 0.15) is 33.5 Å². The molecule has 106 valence electrons. The fourth-order valence-corrected chi connectivity index (χ4v) is 2.61. The van der Waals surface area contributed by atoms with E-state index in [1.54, 1.807) is 0 Å². The molecule has 1 aromatic carbocycles. The van der Waals surface area contributed by atoms with Crippen molar-refractivity contribution in [3.63, 3.8) is 0 Å². The molecule has 2 aromatic rings. The van der Waals surface area contributed by atoms with E-state index in [1.165, 1.54) is 27.8 Å². The highest BCUT2D eigenvalue weighted by atomic mass is 79.9. The normalized spacial score (nSPS) is 10.7. The summed E-state index contributed by atoms with van der Waals surface area (Å²) >= 11 is 3.48. The Labute approximate surface area is 129 Å². The topological polar surface area (TPSA) is 24.9 Å². The first-order valence-electron chi connectivity index (χ1n) is 6.83. The molecule has 0 aliphatic carbocycles. The highest BCUT2D eigenvalue weighted by molar-refractivity contribution is 9.10. The van der Waals surface area contributed by atoms with Gasteiger partial charge in [0.1, 0.15) is 5.82 Å². The predicted molar refractivity (Wildman–Crippen MR) is 89.4 cm³/mol. The van der Waals surface area contributed by atoms with Crippen LogP contribution in [0.4, 0.5) is 5.82 Å². The van der Waals surface area contributed by atoms with E-state index in [0.29, 0.717) is 0 Å². The van der Waals surface area contributed by atoms with Crippen LogP contribution >= 0.6 is 15.9 Å². The van der Waals surface area contributed by atoms with E-state index in [9.17, 15) is 0 Å². The average molecular weight is 333 g/mol. The summed E-state index contributed by atoms with van der Waals surface area (Å²) < 4.78 is 1.04. The van der Waals surface area contributed by atoms with Crippen LogP contribution in [0.5, 0.6) is 0 Å². The van der Waals surface area contributed by atoms with Gasteiger partial charge in [0, 0.05) is 11.0 Å². The first-order chi connectivity index (χ1) is 9.40. The monoisotopic (exact) mass is 332 g/mol. The molecule has 0 saturated carbocycles. The van der Waals surface area contributed by atoms with Crippen molar-refractivity contribution in [1.29, 1.82) is 0 Å². The molecule has 1 N–H and O–H groups in total. The Balaban J connectivity index is 2.25. The number of anilines is 1. The Morgan fingerprint density at radius 1 is 1.00 bits per heavy atom. The van der Waals surface area contributed by atoms with Crippen molar-refractivity contribution < 1.29 is 0 Å². The number of halogens is 1. The molecule has 0 atom stereocenters. The number of nitrogens with one attached hydrogen (secondary N) is 1. The maximum atomic E-state index is 4.53. The molecular formula is C17H21BrN2. The quantitative estimate of drug-likeness (QED) is 0.855. The Bertz CT molecular complexity index is 622. The van der Waals surface area contributed by atoms with Crippen LogP contribution in [0.3, 0.4) is 0 Å². The Kier molecular flexibility index (Phi) is 4.48. The minimum absolute atomic E-state index is 0.814. The highest BCUT2D eigenvalue weighted by Gasteiger charge is 2.08. The average Bonchev–Trinajstić information content (AvgIpc) is 2.40. The van der Waals surface area contributed by atoms with Gasteiger partial charge in [-0.05, 0) is 90.5 Å². The summed E-state index contributed by atoms with van der Waals surface area (Å²) in [4.78, 5) is 4.53. The van der Waals surface area contributed by atoms with E-state index in [0.717, 1.165) is 22.5 Å². The zero-order chi connectivity index (χ0) is 14.9. The summed E-state index contributed by atoms with van der Waals surface area (Å²) in [6.45, 7) is 11.6. The van der Waals surface area contributed by atoms with E-state index >= 15 is 0 Å².